The predicted octanol–water partition coefficient (Wildman–Crippen LogP) is 5.87. The van der Waals surface area contributed by atoms with E-state index in [1.165, 1.54) is 6.07 Å². The Balaban J connectivity index is 1.66. The summed E-state index contributed by atoms with van der Waals surface area (Å²) in [5, 5.41) is 4.18. The summed E-state index contributed by atoms with van der Waals surface area (Å²) in [7, 11) is 4.05. The van der Waals surface area contributed by atoms with E-state index >= 15 is 0 Å². The molecule has 35 heavy (non-hydrogen) atoms. The number of halogens is 1. The molecule has 0 amide bonds. The molecule has 1 N–H and O–H groups in total. The number of nitrogens with zero attached hydrogens (tertiary/aromatic N) is 4. The van der Waals surface area contributed by atoms with Crippen LogP contribution in [-0.2, 0) is 0 Å². The average Bonchev–Trinajstić information content (AvgIpc) is 3.34. The highest BCUT2D eigenvalue weighted by molar-refractivity contribution is 7.80. The number of hydrogen-bond donors (Lipinski definition) is 1. The Morgan fingerprint density at radius 2 is 1.71 bits per heavy atom. The van der Waals surface area contributed by atoms with Crippen LogP contribution in [0.1, 0.15) is 34.7 Å². The predicted molar refractivity (Wildman–Crippen MR) is 144 cm³/mol. The van der Waals surface area contributed by atoms with Gasteiger partial charge in [-0.2, -0.15) is 0 Å². The van der Waals surface area contributed by atoms with Crippen LogP contribution in [0.15, 0.2) is 79.0 Å². The first kappa shape index (κ1) is 23.1. The molecule has 1 aliphatic rings. The number of benzene rings is 2. The smallest absolute Gasteiger partial charge is 0.174 e. The van der Waals surface area contributed by atoms with Gasteiger partial charge in [-0.05, 0) is 92.3 Å². The Morgan fingerprint density at radius 3 is 2.37 bits per heavy atom. The fourth-order valence-electron chi connectivity index (χ4n) is 4.96. The molecule has 0 aliphatic carbocycles. The van der Waals surface area contributed by atoms with Crippen molar-refractivity contribution in [2.45, 2.75) is 25.9 Å². The molecule has 1 fully saturated rings. The molecule has 0 saturated carbocycles. The SMILES string of the molecule is Cc1cc([C@H]2[C@H](c3ccccn3)NC(=S)N2c2ccc(N(C)C)cc2)c(C)n1-c1cccc(F)c1. The summed E-state index contributed by atoms with van der Waals surface area (Å²) in [6.07, 6.45) is 1.81. The molecule has 0 radical (unpaired) electrons. The fourth-order valence-corrected chi connectivity index (χ4v) is 5.31. The minimum atomic E-state index is -0.255. The van der Waals surface area contributed by atoms with Gasteiger partial charge < -0.3 is 19.7 Å². The zero-order valence-corrected chi connectivity index (χ0v) is 21.1. The first-order valence-corrected chi connectivity index (χ1v) is 12.0. The normalized spacial score (nSPS) is 17.5. The molecular formula is C28H28FN5S. The standard InChI is InChI=1S/C28H28FN5S/c1-18-16-24(19(2)33(18)23-9-7-8-20(29)17-23)27-26(25-10-5-6-15-30-25)31-28(35)34(27)22-13-11-21(12-14-22)32(3)4/h5-17,26-27H,1-4H3,(H,31,35)/t26-,27-/m0/s1. The highest BCUT2D eigenvalue weighted by Gasteiger charge is 2.42. The Hall–Kier alpha value is -3.71. The van der Waals surface area contributed by atoms with Crippen molar-refractivity contribution < 1.29 is 4.39 Å². The maximum absolute atomic E-state index is 14.1. The van der Waals surface area contributed by atoms with Crippen LogP contribution < -0.4 is 15.1 Å². The largest absolute Gasteiger partial charge is 0.378 e. The number of nitrogens with one attached hydrogen (secondary N) is 1. The molecule has 2 aromatic carbocycles. The molecule has 2 aromatic heterocycles. The molecule has 0 unspecified atom stereocenters. The van der Waals surface area contributed by atoms with Crippen LogP contribution in [0.2, 0.25) is 0 Å². The van der Waals surface area contributed by atoms with E-state index in [2.05, 4.69) is 61.9 Å². The zero-order chi connectivity index (χ0) is 24.7. The van der Waals surface area contributed by atoms with E-state index in [0.717, 1.165) is 39.7 Å². The van der Waals surface area contributed by atoms with E-state index in [4.69, 9.17) is 12.2 Å². The third-order valence-corrected chi connectivity index (χ3v) is 6.91. The van der Waals surface area contributed by atoms with Crippen molar-refractivity contribution in [2.24, 2.45) is 0 Å². The number of pyridine rings is 1. The van der Waals surface area contributed by atoms with Crippen molar-refractivity contribution in [2.75, 3.05) is 23.9 Å². The monoisotopic (exact) mass is 485 g/mol. The van der Waals surface area contributed by atoms with Crippen molar-refractivity contribution in [3.8, 4) is 5.69 Å². The lowest BCUT2D eigenvalue weighted by molar-refractivity contribution is 0.565. The van der Waals surface area contributed by atoms with Crippen molar-refractivity contribution in [1.29, 1.82) is 0 Å². The maximum atomic E-state index is 14.1. The molecule has 1 aliphatic heterocycles. The number of aromatic nitrogens is 2. The topological polar surface area (TPSA) is 36.3 Å². The van der Waals surface area contributed by atoms with Crippen LogP contribution in [0.4, 0.5) is 15.8 Å². The van der Waals surface area contributed by atoms with E-state index in [-0.39, 0.29) is 17.9 Å². The summed E-state index contributed by atoms with van der Waals surface area (Å²) in [5.41, 5.74) is 7.04. The van der Waals surface area contributed by atoms with Gasteiger partial charge in [0.2, 0.25) is 0 Å². The molecule has 5 rings (SSSR count). The van der Waals surface area contributed by atoms with Gasteiger partial charge in [-0.1, -0.05) is 12.1 Å². The Bertz CT molecular complexity index is 1360. The summed E-state index contributed by atoms with van der Waals surface area (Å²) >= 11 is 5.87. The fraction of sp³-hybridized carbons (Fsp3) is 0.214. The highest BCUT2D eigenvalue weighted by atomic mass is 32.1. The number of anilines is 2. The first-order chi connectivity index (χ1) is 16.8. The molecule has 4 aromatic rings. The highest BCUT2D eigenvalue weighted by Crippen LogP contribution is 2.44. The molecule has 1 saturated heterocycles. The van der Waals surface area contributed by atoms with Crippen LogP contribution in [0, 0.1) is 19.7 Å². The Morgan fingerprint density at radius 1 is 0.943 bits per heavy atom. The first-order valence-electron chi connectivity index (χ1n) is 11.6. The van der Waals surface area contributed by atoms with E-state index in [1.807, 2.05) is 51.5 Å². The van der Waals surface area contributed by atoms with Crippen molar-refractivity contribution in [3.63, 3.8) is 0 Å². The summed E-state index contributed by atoms with van der Waals surface area (Å²) < 4.78 is 16.2. The van der Waals surface area contributed by atoms with Crippen LogP contribution in [0.5, 0.6) is 0 Å². The lowest BCUT2D eigenvalue weighted by Crippen LogP contribution is -2.29. The van der Waals surface area contributed by atoms with Crippen LogP contribution in [-0.4, -0.2) is 28.8 Å². The van der Waals surface area contributed by atoms with Crippen molar-refractivity contribution in [1.82, 2.24) is 14.9 Å². The van der Waals surface area contributed by atoms with E-state index in [0.29, 0.717) is 5.11 Å². The van der Waals surface area contributed by atoms with Gasteiger partial charge in [-0.15, -0.1) is 0 Å². The van der Waals surface area contributed by atoms with Gasteiger partial charge in [0.1, 0.15) is 5.82 Å². The van der Waals surface area contributed by atoms with Gasteiger partial charge >= 0.3 is 0 Å². The zero-order valence-electron chi connectivity index (χ0n) is 20.2. The molecule has 3 heterocycles. The molecule has 5 nitrogen and oxygen atoms in total. The molecule has 178 valence electrons. The second-order valence-corrected chi connectivity index (χ2v) is 9.44. The second-order valence-electron chi connectivity index (χ2n) is 9.05. The van der Waals surface area contributed by atoms with E-state index in [9.17, 15) is 4.39 Å². The summed E-state index contributed by atoms with van der Waals surface area (Å²) in [4.78, 5) is 8.90. The summed E-state index contributed by atoms with van der Waals surface area (Å²) in [6, 6.07) is 22.9. The second kappa shape index (κ2) is 9.15. The average molecular weight is 486 g/mol. The van der Waals surface area contributed by atoms with E-state index < -0.39 is 0 Å². The number of aryl methyl sites for hydroxylation is 1. The molecule has 7 heteroatoms. The minimum absolute atomic E-state index is 0.129. The Labute approximate surface area is 210 Å². The van der Waals surface area contributed by atoms with Crippen LogP contribution in [0.25, 0.3) is 5.69 Å². The number of rotatable bonds is 5. The molecule has 2 atom stereocenters. The summed E-state index contributed by atoms with van der Waals surface area (Å²) in [6.45, 7) is 4.13. The minimum Gasteiger partial charge on any atom is -0.378 e. The third-order valence-electron chi connectivity index (χ3n) is 6.60. The number of hydrogen-bond acceptors (Lipinski definition) is 3. The van der Waals surface area contributed by atoms with Gasteiger partial charge in [0.25, 0.3) is 0 Å². The maximum Gasteiger partial charge on any atom is 0.174 e. The quantitative estimate of drug-likeness (QED) is 0.358. The number of thiocarbonyl (C=S) groups is 1. The van der Waals surface area contributed by atoms with E-state index in [1.54, 1.807) is 12.1 Å². The van der Waals surface area contributed by atoms with Crippen LogP contribution in [0.3, 0.4) is 0 Å². The van der Waals surface area contributed by atoms with Gasteiger partial charge in [-0.25, -0.2) is 4.39 Å². The lowest BCUT2D eigenvalue weighted by atomic mass is 9.96. The van der Waals surface area contributed by atoms with Crippen molar-refractivity contribution in [3.05, 3.63) is 107 Å². The lowest BCUT2D eigenvalue weighted by Gasteiger charge is -2.28. The molecule has 0 spiro atoms. The van der Waals surface area contributed by atoms with Gasteiger partial charge in [-0.3, -0.25) is 4.98 Å². The summed E-state index contributed by atoms with van der Waals surface area (Å²) in [5.74, 6) is -0.255. The van der Waals surface area contributed by atoms with Crippen molar-refractivity contribution >= 4 is 28.7 Å². The molecule has 0 bridgehead atoms. The molecular weight excluding hydrogens is 457 g/mol. The van der Waals surface area contributed by atoms with Gasteiger partial charge in [0.15, 0.2) is 5.11 Å². The Kier molecular flexibility index (Phi) is 6.03. The third kappa shape index (κ3) is 4.17. The van der Waals surface area contributed by atoms with Crippen LogP contribution >= 0.6 is 12.2 Å². The van der Waals surface area contributed by atoms with Gasteiger partial charge in [0, 0.05) is 48.7 Å². The van der Waals surface area contributed by atoms with Gasteiger partial charge in [0.05, 0.1) is 17.8 Å².